The molecule has 0 saturated carbocycles. The summed E-state index contributed by atoms with van der Waals surface area (Å²) in [6.07, 6.45) is 1.74. The molecule has 0 saturated heterocycles. The Bertz CT molecular complexity index is 638. The molecule has 104 valence electrons. The van der Waals surface area contributed by atoms with Crippen molar-refractivity contribution in [1.82, 2.24) is 4.98 Å². The number of aryl methyl sites for hydroxylation is 1. The van der Waals surface area contributed by atoms with Crippen molar-refractivity contribution < 1.29 is 4.79 Å². The van der Waals surface area contributed by atoms with Crippen LogP contribution in [-0.4, -0.2) is 17.4 Å². The van der Waals surface area contributed by atoms with Crippen molar-refractivity contribution in [2.24, 2.45) is 5.73 Å². The van der Waals surface area contributed by atoms with Crippen LogP contribution in [0.15, 0.2) is 29.6 Å². The van der Waals surface area contributed by atoms with Crippen molar-refractivity contribution in [3.05, 3.63) is 45.9 Å². The van der Waals surface area contributed by atoms with Crippen molar-refractivity contribution in [2.75, 3.05) is 11.4 Å². The van der Waals surface area contributed by atoms with Crippen LogP contribution in [0, 0.1) is 0 Å². The number of rotatable bonds is 3. The highest BCUT2D eigenvalue weighted by molar-refractivity contribution is 7.09. The summed E-state index contributed by atoms with van der Waals surface area (Å²) < 4.78 is 0. The fraction of sp³-hybridized carbons (Fsp3) is 0.333. The number of aromatic nitrogens is 1. The van der Waals surface area contributed by atoms with E-state index < -0.39 is 0 Å². The highest BCUT2D eigenvalue weighted by Gasteiger charge is 2.35. The van der Waals surface area contributed by atoms with Gasteiger partial charge in [-0.15, -0.1) is 11.3 Å². The van der Waals surface area contributed by atoms with Gasteiger partial charge in [0.15, 0.2) is 0 Å². The molecule has 0 aliphatic carbocycles. The number of thiazole rings is 1. The second kappa shape index (κ2) is 5.34. The summed E-state index contributed by atoms with van der Waals surface area (Å²) in [7, 11) is 0. The molecule has 1 aliphatic heterocycles. The van der Waals surface area contributed by atoms with Gasteiger partial charge in [-0.25, -0.2) is 4.98 Å². The van der Waals surface area contributed by atoms with Crippen LogP contribution in [0.25, 0.3) is 0 Å². The van der Waals surface area contributed by atoms with Crippen molar-refractivity contribution in [3.63, 3.8) is 0 Å². The minimum Gasteiger partial charge on any atom is -0.322 e. The van der Waals surface area contributed by atoms with Gasteiger partial charge in [0, 0.05) is 17.5 Å². The standard InChI is InChI=1S/C15H17N3OS/c1-2-11-9-20-15(17-11)13-7-10-5-3-4-6-12(10)18(13)14(19)8-16/h3-6,9,13H,2,7-8,16H2,1H3. The van der Waals surface area contributed by atoms with Gasteiger partial charge in [-0.2, -0.15) is 0 Å². The maximum Gasteiger partial charge on any atom is 0.241 e. The van der Waals surface area contributed by atoms with E-state index in [1.165, 1.54) is 5.56 Å². The maximum absolute atomic E-state index is 12.2. The van der Waals surface area contributed by atoms with E-state index >= 15 is 0 Å². The average Bonchev–Trinajstić information content (AvgIpc) is 3.10. The number of hydrogen-bond donors (Lipinski definition) is 1. The predicted octanol–water partition coefficient (Wildman–Crippen LogP) is 2.29. The van der Waals surface area contributed by atoms with Crippen LogP contribution < -0.4 is 10.6 Å². The summed E-state index contributed by atoms with van der Waals surface area (Å²) >= 11 is 1.63. The Morgan fingerprint density at radius 1 is 1.50 bits per heavy atom. The second-order valence-electron chi connectivity index (χ2n) is 4.85. The molecular formula is C15H17N3OS. The van der Waals surface area contributed by atoms with Crippen LogP contribution in [-0.2, 0) is 17.6 Å². The SMILES string of the molecule is CCc1csc(C2Cc3ccccc3N2C(=O)CN)n1. The van der Waals surface area contributed by atoms with Crippen LogP contribution in [0.4, 0.5) is 5.69 Å². The molecule has 1 aliphatic rings. The van der Waals surface area contributed by atoms with Gasteiger partial charge in [0.05, 0.1) is 18.3 Å². The highest BCUT2D eigenvalue weighted by Crippen LogP contribution is 2.41. The number of nitrogens with zero attached hydrogens (tertiary/aromatic N) is 2. The minimum atomic E-state index is -0.0480. The summed E-state index contributed by atoms with van der Waals surface area (Å²) in [5, 5.41) is 3.07. The van der Waals surface area contributed by atoms with E-state index in [2.05, 4.69) is 23.4 Å². The number of nitrogens with two attached hydrogens (primary N) is 1. The first kappa shape index (κ1) is 13.3. The number of carbonyl (C=O) groups excluding carboxylic acids is 1. The molecule has 2 heterocycles. The van der Waals surface area contributed by atoms with E-state index in [0.29, 0.717) is 0 Å². The first-order valence-corrected chi connectivity index (χ1v) is 7.67. The molecule has 1 atom stereocenters. The minimum absolute atomic E-state index is 0.00579. The Hall–Kier alpha value is -1.72. The Morgan fingerprint density at radius 3 is 3.00 bits per heavy atom. The highest BCUT2D eigenvalue weighted by atomic mass is 32.1. The molecule has 0 radical (unpaired) electrons. The number of fused-ring (bicyclic) bond motifs is 1. The fourth-order valence-electron chi connectivity index (χ4n) is 2.63. The molecule has 1 amide bonds. The average molecular weight is 287 g/mol. The molecule has 2 aromatic rings. The monoisotopic (exact) mass is 287 g/mol. The van der Waals surface area contributed by atoms with Gasteiger partial charge in [-0.3, -0.25) is 4.79 Å². The van der Waals surface area contributed by atoms with Crippen molar-refractivity contribution in [3.8, 4) is 0 Å². The smallest absolute Gasteiger partial charge is 0.241 e. The third kappa shape index (κ3) is 2.13. The number of benzene rings is 1. The summed E-state index contributed by atoms with van der Waals surface area (Å²) in [4.78, 5) is 18.7. The van der Waals surface area contributed by atoms with E-state index in [4.69, 9.17) is 5.73 Å². The molecule has 0 spiro atoms. The summed E-state index contributed by atoms with van der Waals surface area (Å²) in [5.74, 6) is -0.0480. The molecule has 20 heavy (non-hydrogen) atoms. The molecule has 1 unspecified atom stereocenters. The largest absolute Gasteiger partial charge is 0.322 e. The Balaban J connectivity index is 2.01. The first-order valence-electron chi connectivity index (χ1n) is 6.79. The fourth-order valence-corrected chi connectivity index (χ4v) is 3.62. The van der Waals surface area contributed by atoms with Crippen LogP contribution >= 0.6 is 11.3 Å². The lowest BCUT2D eigenvalue weighted by Crippen LogP contribution is -2.36. The first-order chi connectivity index (χ1) is 9.74. The third-order valence-electron chi connectivity index (χ3n) is 3.64. The molecular weight excluding hydrogens is 270 g/mol. The lowest BCUT2D eigenvalue weighted by Gasteiger charge is -2.23. The van der Waals surface area contributed by atoms with E-state index in [1.807, 2.05) is 23.1 Å². The van der Waals surface area contributed by atoms with Gasteiger partial charge in [0.25, 0.3) is 0 Å². The van der Waals surface area contributed by atoms with Gasteiger partial charge in [-0.1, -0.05) is 25.1 Å². The summed E-state index contributed by atoms with van der Waals surface area (Å²) in [6.45, 7) is 2.11. The number of carbonyl (C=O) groups is 1. The zero-order valence-corrected chi connectivity index (χ0v) is 12.2. The Labute approximate surface area is 122 Å². The molecule has 1 aromatic heterocycles. The van der Waals surface area contributed by atoms with E-state index in [0.717, 1.165) is 29.2 Å². The zero-order chi connectivity index (χ0) is 14.1. The van der Waals surface area contributed by atoms with E-state index in [9.17, 15) is 4.79 Å². The van der Waals surface area contributed by atoms with Gasteiger partial charge in [0.1, 0.15) is 5.01 Å². The van der Waals surface area contributed by atoms with Crippen molar-refractivity contribution in [2.45, 2.75) is 25.8 Å². The van der Waals surface area contributed by atoms with Crippen LogP contribution in [0.3, 0.4) is 0 Å². The topological polar surface area (TPSA) is 59.2 Å². The van der Waals surface area contributed by atoms with Gasteiger partial charge < -0.3 is 10.6 Å². The Morgan fingerprint density at radius 2 is 2.30 bits per heavy atom. The molecule has 3 rings (SSSR count). The second-order valence-corrected chi connectivity index (χ2v) is 5.74. The number of anilines is 1. The zero-order valence-electron chi connectivity index (χ0n) is 11.4. The quantitative estimate of drug-likeness (QED) is 0.942. The molecule has 4 nitrogen and oxygen atoms in total. The van der Waals surface area contributed by atoms with Crippen molar-refractivity contribution in [1.29, 1.82) is 0 Å². The molecule has 0 bridgehead atoms. The lowest BCUT2D eigenvalue weighted by molar-refractivity contribution is -0.117. The summed E-state index contributed by atoms with van der Waals surface area (Å²) in [5.41, 5.74) is 8.82. The van der Waals surface area contributed by atoms with Crippen LogP contribution in [0.5, 0.6) is 0 Å². The molecule has 2 N–H and O–H groups in total. The molecule has 0 fully saturated rings. The Kier molecular flexibility index (Phi) is 3.54. The normalized spacial score (nSPS) is 17.3. The van der Waals surface area contributed by atoms with Crippen molar-refractivity contribution >= 4 is 22.9 Å². The predicted molar refractivity (Wildman–Crippen MR) is 80.9 cm³/mol. The third-order valence-corrected chi connectivity index (χ3v) is 4.63. The van der Waals surface area contributed by atoms with Crippen LogP contribution in [0.2, 0.25) is 0 Å². The van der Waals surface area contributed by atoms with Gasteiger partial charge in [-0.05, 0) is 18.1 Å². The number of hydrogen-bond acceptors (Lipinski definition) is 4. The number of amides is 1. The maximum atomic E-state index is 12.2. The lowest BCUT2D eigenvalue weighted by atomic mass is 10.1. The van der Waals surface area contributed by atoms with Gasteiger partial charge in [0.2, 0.25) is 5.91 Å². The molecule has 5 heteroatoms. The number of para-hydroxylation sites is 1. The van der Waals surface area contributed by atoms with Gasteiger partial charge >= 0.3 is 0 Å². The van der Waals surface area contributed by atoms with E-state index in [1.54, 1.807) is 11.3 Å². The van der Waals surface area contributed by atoms with Crippen LogP contribution in [0.1, 0.15) is 29.2 Å². The van der Waals surface area contributed by atoms with E-state index in [-0.39, 0.29) is 18.5 Å². The summed E-state index contributed by atoms with van der Waals surface area (Å²) in [6, 6.07) is 8.01. The molecule has 1 aromatic carbocycles.